The molecule has 0 saturated carbocycles. The molecule has 0 N–H and O–H groups in total. The first-order valence-corrected chi connectivity index (χ1v) is 9.56. The van der Waals surface area contributed by atoms with Crippen molar-refractivity contribution in [1.29, 1.82) is 0 Å². The largest absolute Gasteiger partial charge is 0.465 e. The first-order valence-electron chi connectivity index (χ1n) is 8.41. The number of rotatable bonds is 14. The van der Waals surface area contributed by atoms with Crippen molar-refractivity contribution in [1.82, 2.24) is 0 Å². The number of ether oxygens (including phenoxy) is 3. The minimum Gasteiger partial charge on any atom is -0.465 e. The van der Waals surface area contributed by atoms with E-state index in [2.05, 4.69) is 16.1 Å². The van der Waals surface area contributed by atoms with Crippen LogP contribution in [0.5, 0.6) is 0 Å². The van der Waals surface area contributed by atoms with Crippen LogP contribution in [-0.2, 0) is 28.6 Å². The lowest BCUT2D eigenvalue weighted by Crippen LogP contribution is -2.50. The van der Waals surface area contributed by atoms with E-state index in [-0.39, 0.29) is 31.1 Å². The Morgan fingerprint density at radius 1 is 1.03 bits per heavy atom. The Labute approximate surface area is 173 Å². The van der Waals surface area contributed by atoms with E-state index in [1.807, 2.05) is 0 Å². The van der Waals surface area contributed by atoms with E-state index < -0.39 is 48.2 Å². The third-order valence-electron chi connectivity index (χ3n) is 3.37. The van der Waals surface area contributed by atoms with Gasteiger partial charge in [0.2, 0.25) is 0 Å². The molecule has 0 saturated heterocycles. The van der Waals surface area contributed by atoms with Gasteiger partial charge < -0.3 is 14.2 Å². The molecule has 0 fully saturated rings. The maximum absolute atomic E-state index is 13.2. The van der Waals surface area contributed by atoms with Crippen molar-refractivity contribution in [3.05, 3.63) is 12.7 Å². The molecule has 0 aromatic rings. The molecule has 0 aromatic carbocycles. The van der Waals surface area contributed by atoms with E-state index >= 15 is 0 Å². The lowest BCUT2D eigenvalue weighted by Gasteiger charge is -2.27. The monoisotopic (exact) mass is 468 g/mol. The molecule has 0 rings (SSSR count). The summed E-state index contributed by atoms with van der Waals surface area (Å²) in [6.45, 7) is 3.30. The van der Waals surface area contributed by atoms with Gasteiger partial charge in [0.05, 0.1) is 11.8 Å². The molecular weight excluding hydrogens is 446 g/mol. The van der Waals surface area contributed by atoms with Crippen molar-refractivity contribution in [3.63, 3.8) is 0 Å². The van der Waals surface area contributed by atoms with Gasteiger partial charge in [-0.05, 0) is 13.8 Å². The second-order valence-corrected chi connectivity index (χ2v) is 7.59. The molecule has 0 aliphatic carbocycles. The van der Waals surface area contributed by atoms with Crippen LogP contribution in [0.1, 0.15) is 20.3 Å². The highest BCUT2D eigenvalue weighted by Crippen LogP contribution is 2.39. The van der Waals surface area contributed by atoms with Gasteiger partial charge in [-0.15, -0.1) is 0 Å². The van der Waals surface area contributed by atoms with Crippen molar-refractivity contribution in [2.75, 3.05) is 31.3 Å². The van der Waals surface area contributed by atoms with Crippen LogP contribution in [0.15, 0.2) is 12.7 Å². The molecule has 0 atom stereocenters. The SMILES string of the molecule is C=CC(=O)OCCC(=O)OCCSCC(C)(C)C(=O)OCC(F)(F)C(F)(F)C(F)F. The maximum Gasteiger partial charge on any atom is 0.372 e. The van der Waals surface area contributed by atoms with E-state index in [4.69, 9.17) is 4.74 Å². The van der Waals surface area contributed by atoms with Gasteiger partial charge in [0.15, 0.2) is 6.61 Å². The number of halogens is 6. The summed E-state index contributed by atoms with van der Waals surface area (Å²) in [7, 11) is 0. The number of esters is 3. The van der Waals surface area contributed by atoms with Gasteiger partial charge >= 0.3 is 36.2 Å². The van der Waals surface area contributed by atoms with Crippen LogP contribution in [0.3, 0.4) is 0 Å². The number of carbonyl (C=O) groups is 3. The van der Waals surface area contributed by atoms with Crippen LogP contribution in [0.25, 0.3) is 0 Å². The first kappa shape index (κ1) is 28.1. The predicted molar refractivity (Wildman–Crippen MR) is 94.7 cm³/mol. The Bertz CT molecular complexity index is 612. The fraction of sp³-hybridized carbons (Fsp3) is 0.706. The second kappa shape index (κ2) is 12.1. The number of alkyl halides is 6. The zero-order valence-corrected chi connectivity index (χ0v) is 17.0. The summed E-state index contributed by atoms with van der Waals surface area (Å²) >= 11 is 1.07. The molecule has 0 heterocycles. The Morgan fingerprint density at radius 3 is 2.17 bits per heavy atom. The van der Waals surface area contributed by atoms with Gasteiger partial charge in [-0.1, -0.05) is 6.58 Å². The highest BCUT2D eigenvalue weighted by Gasteiger charge is 2.63. The predicted octanol–water partition coefficient (Wildman–Crippen LogP) is 3.49. The second-order valence-electron chi connectivity index (χ2n) is 6.48. The summed E-state index contributed by atoms with van der Waals surface area (Å²) in [6.07, 6.45) is -3.87. The summed E-state index contributed by atoms with van der Waals surface area (Å²) in [6, 6.07) is 0. The third kappa shape index (κ3) is 9.26. The molecule has 0 spiro atoms. The summed E-state index contributed by atoms with van der Waals surface area (Å²) < 4.78 is 89.6. The minimum atomic E-state index is -5.64. The zero-order chi connectivity index (χ0) is 23.6. The van der Waals surface area contributed by atoms with Gasteiger partial charge in [0.25, 0.3) is 0 Å². The van der Waals surface area contributed by atoms with E-state index in [0.29, 0.717) is 0 Å². The molecule has 0 bridgehead atoms. The molecule has 6 nitrogen and oxygen atoms in total. The Morgan fingerprint density at radius 2 is 1.63 bits per heavy atom. The third-order valence-corrected chi connectivity index (χ3v) is 4.75. The lowest BCUT2D eigenvalue weighted by molar-refractivity contribution is -0.277. The van der Waals surface area contributed by atoms with Crippen LogP contribution in [0.4, 0.5) is 26.3 Å². The number of thioether (sulfide) groups is 1. The normalized spacial score (nSPS) is 12.4. The van der Waals surface area contributed by atoms with Crippen LogP contribution >= 0.6 is 11.8 Å². The van der Waals surface area contributed by atoms with Gasteiger partial charge in [-0.25, -0.2) is 13.6 Å². The van der Waals surface area contributed by atoms with Crippen molar-refractivity contribution in [2.24, 2.45) is 5.41 Å². The zero-order valence-electron chi connectivity index (χ0n) is 16.2. The molecule has 174 valence electrons. The van der Waals surface area contributed by atoms with Crippen LogP contribution in [0, 0.1) is 5.41 Å². The molecule has 0 aliphatic rings. The van der Waals surface area contributed by atoms with E-state index in [1.54, 1.807) is 0 Å². The van der Waals surface area contributed by atoms with Crippen LogP contribution in [-0.4, -0.2) is 67.5 Å². The molecule has 0 radical (unpaired) electrons. The van der Waals surface area contributed by atoms with Gasteiger partial charge in [-0.3, -0.25) is 9.59 Å². The topological polar surface area (TPSA) is 78.9 Å². The molecule has 30 heavy (non-hydrogen) atoms. The molecule has 0 unspecified atom stereocenters. The molecule has 0 amide bonds. The lowest BCUT2D eigenvalue weighted by atomic mass is 9.97. The quantitative estimate of drug-likeness (QED) is 0.127. The number of hydrogen-bond donors (Lipinski definition) is 0. The van der Waals surface area contributed by atoms with E-state index in [9.17, 15) is 40.7 Å². The fourth-order valence-electron chi connectivity index (χ4n) is 1.57. The van der Waals surface area contributed by atoms with Crippen LogP contribution < -0.4 is 0 Å². The van der Waals surface area contributed by atoms with Gasteiger partial charge in [-0.2, -0.15) is 29.3 Å². The standard InChI is InChI=1S/C17H22F6O6S/c1-4-11(24)27-6-5-12(25)28-7-8-30-10-15(2,3)14(26)29-9-16(20,21)17(22,23)13(18)19/h4,13H,1,5-10H2,2-3H3. The highest BCUT2D eigenvalue weighted by molar-refractivity contribution is 7.99. The van der Waals surface area contributed by atoms with Crippen LogP contribution in [0.2, 0.25) is 0 Å². The summed E-state index contributed by atoms with van der Waals surface area (Å²) in [5.41, 5.74) is -1.40. The average Bonchev–Trinajstić information content (AvgIpc) is 2.65. The first-order chi connectivity index (χ1) is 13.7. The number of carbonyl (C=O) groups excluding carboxylic acids is 3. The summed E-state index contributed by atoms with van der Waals surface area (Å²) in [5.74, 6) is -13.3. The van der Waals surface area contributed by atoms with E-state index in [0.717, 1.165) is 17.8 Å². The maximum atomic E-state index is 13.2. The molecule has 0 aliphatic heterocycles. The molecule has 13 heteroatoms. The average molecular weight is 468 g/mol. The smallest absolute Gasteiger partial charge is 0.372 e. The van der Waals surface area contributed by atoms with Gasteiger partial charge in [0.1, 0.15) is 13.2 Å². The van der Waals surface area contributed by atoms with Gasteiger partial charge in [0, 0.05) is 17.6 Å². The van der Waals surface area contributed by atoms with E-state index in [1.165, 1.54) is 13.8 Å². The van der Waals surface area contributed by atoms with Crippen molar-refractivity contribution < 1.29 is 54.9 Å². The minimum absolute atomic E-state index is 0.0167. The Balaban J connectivity index is 4.25. The molecular formula is C17H22F6O6S. The Kier molecular flexibility index (Phi) is 11.3. The Hall–Kier alpha value is -1.92. The fourth-order valence-corrected chi connectivity index (χ4v) is 2.55. The number of hydrogen-bond acceptors (Lipinski definition) is 7. The highest BCUT2D eigenvalue weighted by atomic mass is 32.2. The molecule has 0 aromatic heterocycles. The van der Waals surface area contributed by atoms with Crippen molar-refractivity contribution in [3.8, 4) is 0 Å². The van der Waals surface area contributed by atoms with Crippen molar-refractivity contribution >= 4 is 29.7 Å². The summed E-state index contributed by atoms with van der Waals surface area (Å²) in [5, 5.41) is 0. The summed E-state index contributed by atoms with van der Waals surface area (Å²) in [4.78, 5) is 34.0. The van der Waals surface area contributed by atoms with Crippen molar-refractivity contribution in [2.45, 2.75) is 38.5 Å².